The Morgan fingerprint density at radius 3 is 2.56 bits per heavy atom. The minimum atomic E-state index is -4.62. The van der Waals surface area contributed by atoms with Crippen molar-refractivity contribution in [1.29, 1.82) is 0 Å². The second kappa shape index (κ2) is 4.30. The molecule has 0 aliphatic carbocycles. The summed E-state index contributed by atoms with van der Waals surface area (Å²) in [5.41, 5.74) is -1.50. The van der Waals surface area contributed by atoms with Crippen LogP contribution in [0.4, 0.5) is 13.2 Å². The highest BCUT2D eigenvalue weighted by atomic mass is 19.4. The number of aromatic nitrogens is 3. The molecule has 0 aromatic carbocycles. The summed E-state index contributed by atoms with van der Waals surface area (Å²) in [6.07, 6.45) is -3.34. The number of pyridine rings is 1. The van der Waals surface area contributed by atoms with Crippen LogP contribution in [0.25, 0.3) is 5.82 Å². The molecule has 2 aromatic rings. The van der Waals surface area contributed by atoms with E-state index in [9.17, 15) is 18.0 Å². The van der Waals surface area contributed by atoms with Gasteiger partial charge in [0.1, 0.15) is 5.69 Å². The van der Waals surface area contributed by atoms with Gasteiger partial charge >= 0.3 is 6.18 Å². The Kier molecular flexibility index (Phi) is 2.95. The van der Waals surface area contributed by atoms with E-state index in [1.807, 2.05) is 5.10 Å². The van der Waals surface area contributed by atoms with Gasteiger partial charge in [-0.05, 0) is 11.6 Å². The van der Waals surface area contributed by atoms with Crippen molar-refractivity contribution in [3.63, 3.8) is 0 Å². The van der Waals surface area contributed by atoms with E-state index in [0.29, 0.717) is 16.3 Å². The molecular weight excluding hydrogens is 251 g/mol. The fourth-order valence-corrected chi connectivity index (χ4v) is 1.35. The van der Waals surface area contributed by atoms with Gasteiger partial charge in [-0.15, -0.1) is 0 Å². The maximum Gasteiger partial charge on any atom is 0.432 e. The summed E-state index contributed by atoms with van der Waals surface area (Å²) >= 11 is 0. The first-order valence-electron chi connectivity index (χ1n) is 4.87. The van der Waals surface area contributed by atoms with Crippen LogP contribution in [0.15, 0.2) is 29.2 Å². The SMILES string of the molecule is O=c1cc(C(F)(F)F)[nH]n1-c1ccc(CO)cn1. The summed E-state index contributed by atoms with van der Waals surface area (Å²) in [6, 6.07) is 3.26. The van der Waals surface area contributed by atoms with E-state index in [0.717, 1.165) is 0 Å². The normalized spacial score (nSPS) is 11.8. The van der Waals surface area contributed by atoms with Gasteiger partial charge in [-0.2, -0.15) is 13.2 Å². The molecule has 96 valence electrons. The molecule has 0 radical (unpaired) electrons. The number of alkyl halides is 3. The minimum Gasteiger partial charge on any atom is -0.392 e. The van der Waals surface area contributed by atoms with Crippen LogP contribution in [0.3, 0.4) is 0 Å². The third kappa shape index (κ3) is 2.28. The zero-order chi connectivity index (χ0) is 13.3. The van der Waals surface area contributed by atoms with E-state index >= 15 is 0 Å². The van der Waals surface area contributed by atoms with Crippen molar-refractivity contribution in [2.75, 3.05) is 0 Å². The highest BCUT2D eigenvalue weighted by molar-refractivity contribution is 5.25. The molecule has 2 heterocycles. The van der Waals surface area contributed by atoms with Gasteiger partial charge in [0, 0.05) is 12.3 Å². The van der Waals surface area contributed by atoms with Crippen molar-refractivity contribution in [3.05, 3.63) is 46.0 Å². The second-order valence-electron chi connectivity index (χ2n) is 3.52. The van der Waals surface area contributed by atoms with E-state index in [4.69, 9.17) is 5.11 Å². The van der Waals surface area contributed by atoms with Gasteiger partial charge in [-0.25, -0.2) is 9.67 Å². The Morgan fingerprint density at radius 1 is 1.39 bits per heavy atom. The van der Waals surface area contributed by atoms with Crippen molar-refractivity contribution in [2.45, 2.75) is 12.8 Å². The number of nitrogens with zero attached hydrogens (tertiary/aromatic N) is 2. The largest absolute Gasteiger partial charge is 0.432 e. The number of hydrogen-bond donors (Lipinski definition) is 2. The second-order valence-corrected chi connectivity index (χ2v) is 3.52. The molecule has 0 amide bonds. The summed E-state index contributed by atoms with van der Waals surface area (Å²) in [7, 11) is 0. The molecule has 0 aliphatic rings. The van der Waals surface area contributed by atoms with Crippen molar-refractivity contribution >= 4 is 0 Å². The number of nitrogens with one attached hydrogen (secondary N) is 1. The predicted molar refractivity (Wildman–Crippen MR) is 55.1 cm³/mol. The molecule has 2 aromatic heterocycles. The standard InChI is InChI=1S/C10H8F3N3O2/c11-10(12,13)7-3-9(18)16(15-7)8-2-1-6(5-17)4-14-8/h1-4,15,17H,5H2. The average molecular weight is 259 g/mol. The van der Waals surface area contributed by atoms with Gasteiger partial charge < -0.3 is 5.11 Å². The topological polar surface area (TPSA) is 70.9 Å². The average Bonchev–Trinajstić information content (AvgIpc) is 2.71. The molecule has 2 N–H and O–H groups in total. The molecule has 0 saturated carbocycles. The molecule has 2 rings (SSSR count). The molecule has 0 fully saturated rings. The lowest BCUT2D eigenvalue weighted by atomic mass is 10.3. The number of aliphatic hydroxyl groups is 1. The van der Waals surface area contributed by atoms with Crippen molar-refractivity contribution in [3.8, 4) is 5.82 Å². The molecule has 0 atom stereocenters. The van der Waals surface area contributed by atoms with Crippen LogP contribution >= 0.6 is 0 Å². The lowest BCUT2D eigenvalue weighted by Gasteiger charge is -2.04. The lowest BCUT2D eigenvalue weighted by Crippen LogP contribution is -2.15. The highest BCUT2D eigenvalue weighted by Gasteiger charge is 2.33. The van der Waals surface area contributed by atoms with E-state index in [1.54, 1.807) is 0 Å². The fourth-order valence-electron chi connectivity index (χ4n) is 1.35. The first kappa shape index (κ1) is 12.4. The molecule has 0 saturated heterocycles. The van der Waals surface area contributed by atoms with Crippen molar-refractivity contribution < 1.29 is 18.3 Å². The molecule has 0 unspecified atom stereocenters. The third-order valence-corrected chi connectivity index (χ3v) is 2.25. The van der Waals surface area contributed by atoms with E-state index in [2.05, 4.69) is 4.98 Å². The highest BCUT2D eigenvalue weighted by Crippen LogP contribution is 2.26. The summed E-state index contributed by atoms with van der Waals surface area (Å²) in [5, 5.41) is 10.7. The van der Waals surface area contributed by atoms with Crippen LogP contribution in [0.1, 0.15) is 11.3 Å². The summed E-state index contributed by atoms with van der Waals surface area (Å²) in [4.78, 5) is 15.2. The zero-order valence-electron chi connectivity index (χ0n) is 8.90. The van der Waals surface area contributed by atoms with E-state index in [-0.39, 0.29) is 12.4 Å². The summed E-state index contributed by atoms with van der Waals surface area (Å²) < 4.78 is 37.8. The third-order valence-electron chi connectivity index (χ3n) is 2.25. The Hall–Kier alpha value is -2.09. The molecule has 0 aliphatic heterocycles. The lowest BCUT2D eigenvalue weighted by molar-refractivity contribution is -0.141. The summed E-state index contributed by atoms with van der Waals surface area (Å²) in [6.45, 7) is -0.235. The monoisotopic (exact) mass is 259 g/mol. The zero-order valence-corrected chi connectivity index (χ0v) is 8.90. The van der Waals surface area contributed by atoms with Gasteiger partial charge in [-0.1, -0.05) is 6.07 Å². The van der Waals surface area contributed by atoms with E-state index in [1.165, 1.54) is 18.3 Å². The van der Waals surface area contributed by atoms with Crippen LogP contribution in [-0.4, -0.2) is 19.9 Å². The number of aliphatic hydroxyl groups excluding tert-OH is 1. The minimum absolute atomic E-state index is 0.0210. The number of rotatable bonds is 2. The van der Waals surface area contributed by atoms with Gasteiger partial charge in [0.05, 0.1) is 6.61 Å². The number of hydrogen-bond acceptors (Lipinski definition) is 3. The quantitative estimate of drug-likeness (QED) is 0.847. The van der Waals surface area contributed by atoms with E-state index < -0.39 is 17.4 Å². The number of aromatic amines is 1. The first-order chi connectivity index (χ1) is 8.41. The Morgan fingerprint density at radius 2 is 2.11 bits per heavy atom. The molecule has 0 spiro atoms. The van der Waals surface area contributed by atoms with Gasteiger partial charge in [-0.3, -0.25) is 9.89 Å². The van der Waals surface area contributed by atoms with Crippen LogP contribution < -0.4 is 5.56 Å². The van der Waals surface area contributed by atoms with Gasteiger partial charge in [0.2, 0.25) is 0 Å². The first-order valence-corrected chi connectivity index (χ1v) is 4.87. The molecular formula is C10H8F3N3O2. The Labute approximate surface area is 98.5 Å². The summed E-state index contributed by atoms with van der Waals surface area (Å²) in [5.74, 6) is 0.0210. The molecule has 8 heteroatoms. The van der Waals surface area contributed by atoms with Gasteiger partial charge in [0.15, 0.2) is 5.82 Å². The molecule has 5 nitrogen and oxygen atoms in total. The van der Waals surface area contributed by atoms with Crippen LogP contribution in [0.2, 0.25) is 0 Å². The number of H-pyrrole nitrogens is 1. The maximum atomic E-state index is 12.4. The Balaban J connectivity index is 2.44. The van der Waals surface area contributed by atoms with Crippen molar-refractivity contribution in [1.82, 2.24) is 14.8 Å². The predicted octanol–water partition coefficient (Wildman–Crippen LogP) is 1.07. The van der Waals surface area contributed by atoms with Crippen molar-refractivity contribution in [2.24, 2.45) is 0 Å². The van der Waals surface area contributed by atoms with Crippen LogP contribution in [0.5, 0.6) is 0 Å². The fraction of sp³-hybridized carbons (Fsp3) is 0.200. The van der Waals surface area contributed by atoms with Crippen LogP contribution in [-0.2, 0) is 12.8 Å². The maximum absolute atomic E-state index is 12.4. The van der Waals surface area contributed by atoms with Crippen LogP contribution in [0, 0.1) is 0 Å². The number of halogens is 3. The molecule has 18 heavy (non-hydrogen) atoms. The molecule has 0 bridgehead atoms. The van der Waals surface area contributed by atoms with Gasteiger partial charge in [0.25, 0.3) is 5.56 Å². The Bertz CT molecular complexity index is 598. The smallest absolute Gasteiger partial charge is 0.392 e.